The quantitative estimate of drug-likeness (QED) is 0.847. The number of carbonyl (C=O) groups excluding carboxylic acids is 1. The smallest absolute Gasteiger partial charge is 0.270 e. The van der Waals surface area contributed by atoms with Gasteiger partial charge >= 0.3 is 0 Å². The fourth-order valence-corrected chi connectivity index (χ4v) is 4.09. The minimum absolute atomic E-state index is 0.0896. The average molecular weight is 322 g/mol. The minimum atomic E-state index is -3.64. The summed E-state index contributed by atoms with van der Waals surface area (Å²) < 4.78 is 22.4. The fraction of sp³-hybridized carbons (Fsp3) is 0.583. The highest BCUT2D eigenvalue weighted by molar-refractivity contribution is 8.15. The van der Waals surface area contributed by atoms with Gasteiger partial charge in [-0.2, -0.15) is 0 Å². The topological polar surface area (TPSA) is 63.2 Å². The third-order valence-electron chi connectivity index (χ3n) is 3.38. The van der Waals surface area contributed by atoms with E-state index in [4.69, 9.17) is 10.7 Å². The maximum absolute atomic E-state index is 11.8. The van der Waals surface area contributed by atoms with Gasteiger partial charge in [-0.1, -0.05) is 13.8 Å². The molecule has 1 aromatic rings. The van der Waals surface area contributed by atoms with Crippen LogP contribution in [0.2, 0.25) is 0 Å². The van der Waals surface area contributed by atoms with Crippen molar-refractivity contribution in [3.8, 4) is 0 Å². The summed E-state index contributed by atoms with van der Waals surface area (Å²) in [6, 6.07) is 3.22. The molecule has 1 atom stereocenters. The van der Waals surface area contributed by atoms with E-state index in [2.05, 4.69) is 19.2 Å². The third-order valence-corrected chi connectivity index (χ3v) is 6.62. The van der Waals surface area contributed by atoms with Gasteiger partial charge in [0.25, 0.3) is 9.05 Å². The normalized spacial score (nSPS) is 21.1. The van der Waals surface area contributed by atoms with Gasteiger partial charge in [-0.25, -0.2) is 8.42 Å². The van der Waals surface area contributed by atoms with E-state index < -0.39 is 9.05 Å². The number of nitrogens with one attached hydrogen (secondary N) is 1. The van der Waals surface area contributed by atoms with Gasteiger partial charge in [0, 0.05) is 28.0 Å². The van der Waals surface area contributed by atoms with E-state index in [1.807, 2.05) is 0 Å². The molecular weight excluding hydrogens is 306 g/mol. The molecule has 7 heteroatoms. The summed E-state index contributed by atoms with van der Waals surface area (Å²) in [6.07, 6.45) is 1.56. The van der Waals surface area contributed by atoms with Gasteiger partial charge < -0.3 is 5.32 Å². The Morgan fingerprint density at radius 2 is 2.16 bits per heavy atom. The molecule has 106 valence electrons. The van der Waals surface area contributed by atoms with Crippen molar-refractivity contribution in [2.24, 2.45) is 11.3 Å². The summed E-state index contributed by atoms with van der Waals surface area (Å²) >= 11 is 1.14. The van der Waals surface area contributed by atoms with Gasteiger partial charge in [-0.3, -0.25) is 4.79 Å². The van der Waals surface area contributed by atoms with Gasteiger partial charge in [0.15, 0.2) is 0 Å². The molecule has 1 unspecified atom stereocenters. The molecule has 1 heterocycles. The third kappa shape index (κ3) is 3.70. The lowest BCUT2D eigenvalue weighted by Crippen LogP contribution is -2.28. The summed E-state index contributed by atoms with van der Waals surface area (Å²) in [5.74, 6) is 0.210. The molecule has 1 aliphatic carbocycles. The van der Waals surface area contributed by atoms with Crippen LogP contribution in [0.25, 0.3) is 0 Å². The van der Waals surface area contributed by atoms with E-state index >= 15 is 0 Å². The predicted molar refractivity (Wildman–Crippen MR) is 76.0 cm³/mol. The zero-order valence-electron chi connectivity index (χ0n) is 10.8. The van der Waals surface area contributed by atoms with Crippen LogP contribution in [0.5, 0.6) is 0 Å². The first kappa shape index (κ1) is 14.8. The van der Waals surface area contributed by atoms with E-state index in [9.17, 15) is 13.2 Å². The molecule has 0 saturated heterocycles. The van der Waals surface area contributed by atoms with E-state index in [0.29, 0.717) is 13.0 Å². The number of thiophene rings is 1. The van der Waals surface area contributed by atoms with Crippen LogP contribution < -0.4 is 5.32 Å². The molecular formula is C12H16ClNO3S2. The Bertz CT molecular complexity index is 592. The van der Waals surface area contributed by atoms with Crippen LogP contribution in [0.1, 0.15) is 25.1 Å². The van der Waals surface area contributed by atoms with Crippen LogP contribution >= 0.6 is 22.0 Å². The van der Waals surface area contributed by atoms with Crippen molar-refractivity contribution < 1.29 is 13.2 Å². The van der Waals surface area contributed by atoms with Crippen molar-refractivity contribution in [3.63, 3.8) is 0 Å². The highest BCUT2D eigenvalue weighted by Crippen LogP contribution is 2.51. The second kappa shape index (κ2) is 5.07. The lowest BCUT2D eigenvalue weighted by molar-refractivity contribution is -0.122. The Morgan fingerprint density at radius 3 is 2.63 bits per heavy atom. The molecule has 1 N–H and O–H groups in total. The van der Waals surface area contributed by atoms with Gasteiger partial charge in [-0.05, 0) is 30.4 Å². The number of rotatable bonds is 5. The summed E-state index contributed by atoms with van der Waals surface area (Å²) in [5, 5.41) is 2.88. The molecule has 1 saturated carbocycles. The SMILES string of the molecule is CC1(C)CC1C(=O)NCCc1ccc(S(=O)(=O)Cl)s1. The molecule has 1 fully saturated rings. The molecule has 4 nitrogen and oxygen atoms in total. The second-order valence-electron chi connectivity index (χ2n) is 5.44. The Labute approximate surface area is 121 Å². The minimum Gasteiger partial charge on any atom is -0.355 e. The monoisotopic (exact) mass is 321 g/mol. The second-order valence-corrected chi connectivity index (χ2v) is 9.41. The van der Waals surface area contributed by atoms with Crippen molar-refractivity contribution in [1.29, 1.82) is 0 Å². The lowest BCUT2D eigenvalue weighted by Gasteiger charge is -2.05. The predicted octanol–water partition coefficient (Wildman–Crippen LogP) is 2.38. The molecule has 1 aliphatic rings. The zero-order valence-corrected chi connectivity index (χ0v) is 13.2. The molecule has 0 radical (unpaired) electrons. The standard InChI is InChI=1S/C12H16ClNO3S2/c1-12(2)7-9(12)11(15)14-6-5-8-3-4-10(18-8)19(13,16)17/h3-4,9H,5-7H2,1-2H3,(H,14,15). The Morgan fingerprint density at radius 1 is 1.53 bits per heavy atom. The van der Waals surface area contributed by atoms with Gasteiger partial charge in [0.1, 0.15) is 4.21 Å². The van der Waals surface area contributed by atoms with Crippen LogP contribution in [-0.4, -0.2) is 20.9 Å². The van der Waals surface area contributed by atoms with E-state index in [1.165, 1.54) is 6.07 Å². The summed E-state index contributed by atoms with van der Waals surface area (Å²) in [4.78, 5) is 12.6. The first-order valence-electron chi connectivity index (χ1n) is 6.01. The largest absolute Gasteiger partial charge is 0.355 e. The average Bonchev–Trinajstić information content (AvgIpc) is 2.74. The molecule has 1 amide bonds. The van der Waals surface area contributed by atoms with Crippen molar-refractivity contribution in [3.05, 3.63) is 17.0 Å². The number of amides is 1. The van der Waals surface area contributed by atoms with Crippen LogP contribution in [0, 0.1) is 11.3 Å². The van der Waals surface area contributed by atoms with Crippen molar-refractivity contribution in [2.45, 2.75) is 30.9 Å². The molecule has 1 aromatic heterocycles. The highest BCUT2D eigenvalue weighted by Gasteiger charge is 2.50. The first-order chi connectivity index (χ1) is 8.70. The Kier molecular flexibility index (Phi) is 3.95. The molecule has 2 rings (SSSR count). The van der Waals surface area contributed by atoms with Crippen molar-refractivity contribution >= 4 is 37.0 Å². The number of hydrogen-bond donors (Lipinski definition) is 1. The van der Waals surface area contributed by atoms with Crippen molar-refractivity contribution in [1.82, 2.24) is 5.32 Å². The molecule has 0 aromatic carbocycles. The highest BCUT2D eigenvalue weighted by atomic mass is 35.7. The fourth-order valence-electron chi connectivity index (χ4n) is 1.97. The Hall–Kier alpha value is -0.590. The number of halogens is 1. The molecule has 19 heavy (non-hydrogen) atoms. The van der Waals surface area contributed by atoms with Gasteiger partial charge in [0.05, 0.1) is 0 Å². The maximum Gasteiger partial charge on any atom is 0.270 e. The van der Waals surface area contributed by atoms with Crippen LogP contribution in [0.4, 0.5) is 0 Å². The maximum atomic E-state index is 11.8. The van der Waals surface area contributed by atoms with Crippen molar-refractivity contribution in [2.75, 3.05) is 6.54 Å². The van der Waals surface area contributed by atoms with Crippen LogP contribution in [0.15, 0.2) is 16.3 Å². The first-order valence-corrected chi connectivity index (χ1v) is 9.14. The van der Waals surface area contributed by atoms with E-state index in [-0.39, 0.29) is 21.4 Å². The zero-order chi connectivity index (χ0) is 14.3. The summed E-state index contributed by atoms with van der Waals surface area (Å²) in [7, 11) is 1.61. The van der Waals surface area contributed by atoms with Gasteiger partial charge in [-0.15, -0.1) is 11.3 Å². The molecule has 0 spiro atoms. The number of hydrogen-bond acceptors (Lipinski definition) is 4. The Balaban J connectivity index is 1.80. The molecule has 0 aliphatic heterocycles. The van der Waals surface area contributed by atoms with E-state index in [1.54, 1.807) is 6.07 Å². The van der Waals surface area contributed by atoms with E-state index in [0.717, 1.165) is 22.6 Å². The van der Waals surface area contributed by atoms with Gasteiger partial charge in [0.2, 0.25) is 5.91 Å². The number of carbonyl (C=O) groups is 1. The summed E-state index contributed by atoms with van der Waals surface area (Å²) in [5.41, 5.74) is 0.132. The van der Waals surface area contributed by atoms with Crippen LogP contribution in [0.3, 0.4) is 0 Å². The van der Waals surface area contributed by atoms with Crippen LogP contribution in [-0.2, 0) is 20.3 Å². The molecule has 0 bridgehead atoms. The lowest BCUT2D eigenvalue weighted by atomic mass is 10.1. The summed E-state index contributed by atoms with van der Waals surface area (Å²) in [6.45, 7) is 4.68.